The van der Waals surface area contributed by atoms with Crippen molar-refractivity contribution in [3.8, 4) is 0 Å². The summed E-state index contributed by atoms with van der Waals surface area (Å²) in [4.78, 5) is 12.4. The summed E-state index contributed by atoms with van der Waals surface area (Å²) in [6.07, 6.45) is 0.868. The minimum atomic E-state index is -1.18. The fourth-order valence-corrected chi connectivity index (χ4v) is 3.26. The third-order valence-corrected chi connectivity index (χ3v) is 4.23. The summed E-state index contributed by atoms with van der Waals surface area (Å²) < 4.78 is 25.0. The molecule has 0 aromatic carbocycles. The van der Waals surface area contributed by atoms with Gasteiger partial charge in [-0.25, -0.2) is 15.0 Å². The number of aliphatic hydroxyl groups excluding tert-OH is 1. The van der Waals surface area contributed by atoms with Gasteiger partial charge in [0.2, 0.25) is 0 Å². The van der Waals surface area contributed by atoms with Crippen LogP contribution in [0.2, 0.25) is 0 Å². The molecule has 4 heterocycles. The van der Waals surface area contributed by atoms with Gasteiger partial charge in [0.15, 0.2) is 17.7 Å². The average Bonchev–Trinajstić information content (AvgIpc) is 3.19. The van der Waals surface area contributed by atoms with E-state index in [0.717, 1.165) is 0 Å². The summed E-state index contributed by atoms with van der Waals surface area (Å²) in [6, 6.07) is 0. The number of imidazole rings is 1. The maximum Gasteiger partial charge on any atom is 0.280 e. The normalized spacial score (nSPS) is 35.6. The minimum absolute atomic E-state index is 0.201. The predicted octanol–water partition coefficient (Wildman–Crippen LogP) is -0.208. The van der Waals surface area contributed by atoms with Crippen LogP contribution in [-0.2, 0) is 18.9 Å². The van der Waals surface area contributed by atoms with Crippen molar-refractivity contribution in [2.75, 3.05) is 18.9 Å². The Hall–Kier alpha value is -1.85. The fourth-order valence-electron chi connectivity index (χ4n) is 3.26. The number of ether oxygens (including phenoxy) is 4. The molecule has 4 rings (SSSR count). The van der Waals surface area contributed by atoms with Crippen molar-refractivity contribution in [2.24, 2.45) is 0 Å². The monoisotopic (exact) mass is 337 g/mol. The Bertz CT molecular complexity index is 754. The van der Waals surface area contributed by atoms with Crippen molar-refractivity contribution in [2.45, 2.75) is 44.4 Å². The number of nitrogen functional groups attached to an aromatic ring is 1. The number of hydrogen-bond donors (Lipinski definition) is 2. The topological polar surface area (TPSA) is 127 Å². The zero-order chi connectivity index (χ0) is 16.9. The molecule has 0 amide bonds. The molecule has 0 aliphatic carbocycles. The third-order valence-electron chi connectivity index (χ3n) is 4.23. The molecule has 0 saturated carbocycles. The number of anilines is 1. The van der Waals surface area contributed by atoms with Gasteiger partial charge in [-0.1, -0.05) is 0 Å². The van der Waals surface area contributed by atoms with Crippen molar-refractivity contribution in [1.82, 2.24) is 19.5 Å². The van der Waals surface area contributed by atoms with E-state index in [4.69, 9.17) is 24.7 Å². The number of rotatable bonds is 4. The van der Waals surface area contributed by atoms with Crippen molar-refractivity contribution in [1.29, 1.82) is 0 Å². The van der Waals surface area contributed by atoms with E-state index in [0.29, 0.717) is 17.8 Å². The summed E-state index contributed by atoms with van der Waals surface area (Å²) in [7, 11) is 0. The molecule has 2 aromatic heterocycles. The Kier molecular flexibility index (Phi) is 3.66. The highest BCUT2D eigenvalue weighted by molar-refractivity contribution is 5.81. The molecule has 5 atom stereocenters. The first-order chi connectivity index (χ1) is 11.6. The molecule has 2 aromatic rings. The smallest absolute Gasteiger partial charge is 0.280 e. The van der Waals surface area contributed by atoms with Crippen LogP contribution in [0.1, 0.15) is 20.1 Å². The van der Waals surface area contributed by atoms with Gasteiger partial charge in [0.05, 0.1) is 12.9 Å². The molecule has 10 heteroatoms. The van der Waals surface area contributed by atoms with Gasteiger partial charge in [0.25, 0.3) is 5.97 Å². The summed E-state index contributed by atoms with van der Waals surface area (Å²) in [5.41, 5.74) is 6.84. The Morgan fingerprint density at radius 3 is 2.88 bits per heavy atom. The van der Waals surface area contributed by atoms with Crippen LogP contribution in [-0.4, -0.2) is 62.1 Å². The van der Waals surface area contributed by atoms with E-state index >= 15 is 0 Å². The van der Waals surface area contributed by atoms with E-state index in [1.165, 1.54) is 6.33 Å². The highest BCUT2D eigenvalue weighted by atomic mass is 16.9. The number of aromatic nitrogens is 4. The second-order valence-corrected chi connectivity index (χ2v) is 5.79. The largest absolute Gasteiger partial charge is 0.394 e. The maximum atomic E-state index is 9.61. The Balaban J connectivity index is 1.71. The standard InChI is InChI=1S/C14H19N5O5/c1-3-21-14(2)23-9-7(4-20)22-13(10(9)24-14)19-6-18-8-11(15)16-5-17-12(8)19/h5-7,9-10,13,20H,3-4H2,1-2H3,(H2,15,16,17). The van der Waals surface area contributed by atoms with E-state index in [1.54, 1.807) is 17.8 Å². The van der Waals surface area contributed by atoms with Gasteiger partial charge in [0, 0.05) is 13.5 Å². The SMILES string of the molecule is CCOC1(C)OC2C(CO)OC(n3cnc4c(N)ncnc43)C2O1. The van der Waals surface area contributed by atoms with Crippen molar-refractivity contribution in [3.63, 3.8) is 0 Å². The molecule has 0 radical (unpaired) electrons. The first kappa shape index (κ1) is 15.7. The van der Waals surface area contributed by atoms with Crippen molar-refractivity contribution >= 4 is 17.0 Å². The van der Waals surface area contributed by atoms with Crippen molar-refractivity contribution in [3.05, 3.63) is 12.7 Å². The fraction of sp³-hybridized carbons (Fsp3) is 0.643. The minimum Gasteiger partial charge on any atom is -0.394 e. The van der Waals surface area contributed by atoms with Gasteiger partial charge < -0.3 is 29.8 Å². The zero-order valence-corrected chi connectivity index (χ0v) is 13.3. The van der Waals surface area contributed by atoms with E-state index in [2.05, 4.69) is 15.0 Å². The van der Waals surface area contributed by atoms with E-state index < -0.39 is 30.5 Å². The summed E-state index contributed by atoms with van der Waals surface area (Å²) in [5, 5.41) is 9.61. The number of aliphatic hydroxyl groups is 1. The van der Waals surface area contributed by atoms with Crippen LogP contribution in [0.3, 0.4) is 0 Å². The third kappa shape index (κ3) is 2.26. The molecule has 130 valence electrons. The first-order valence-electron chi connectivity index (χ1n) is 7.75. The number of nitrogens with two attached hydrogens (primary N) is 1. The molecule has 0 spiro atoms. The molecule has 0 bridgehead atoms. The van der Waals surface area contributed by atoms with E-state index in [9.17, 15) is 5.11 Å². The molecule has 5 unspecified atom stereocenters. The average molecular weight is 337 g/mol. The predicted molar refractivity (Wildman–Crippen MR) is 80.5 cm³/mol. The molecule has 24 heavy (non-hydrogen) atoms. The zero-order valence-electron chi connectivity index (χ0n) is 13.3. The molecular weight excluding hydrogens is 318 g/mol. The lowest BCUT2D eigenvalue weighted by Gasteiger charge is -2.26. The van der Waals surface area contributed by atoms with E-state index in [1.807, 2.05) is 6.92 Å². The Labute approximate surface area is 137 Å². The van der Waals surface area contributed by atoms with Crippen LogP contribution in [0.4, 0.5) is 5.82 Å². The van der Waals surface area contributed by atoms with Gasteiger partial charge in [0.1, 0.15) is 30.2 Å². The van der Waals surface area contributed by atoms with Gasteiger partial charge in [-0.3, -0.25) is 4.57 Å². The molecule has 2 saturated heterocycles. The van der Waals surface area contributed by atoms with Gasteiger partial charge >= 0.3 is 0 Å². The molecule has 2 aliphatic rings. The quantitative estimate of drug-likeness (QED) is 0.779. The molecule has 2 aliphatic heterocycles. The van der Waals surface area contributed by atoms with Gasteiger partial charge in [-0.05, 0) is 6.92 Å². The Morgan fingerprint density at radius 1 is 1.33 bits per heavy atom. The molecule has 2 fully saturated rings. The summed E-state index contributed by atoms with van der Waals surface area (Å²) >= 11 is 0. The van der Waals surface area contributed by atoms with Crippen LogP contribution in [0.25, 0.3) is 11.2 Å². The number of nitrogens with zero attached hydrogens (tertiary/aromatic N) is 4. The van der Waals surface area contributed by atoms with Gasteiger partial charge in [-0.2, -0.15) is 0 Å². The van der Waals surface area contributed by atoms with Crippen LogP contribution in [0, 0.1) is 0 Å². The van der Waals surface area contributed by atoms with Crippen LogP contribution < -0.4 is 5.73 Å². The second kappa shape index (κ2) is 5.60. The highest BCUT2D eigenvalue weighted by Gasteiger charge is 2.58. The van der Waals surface area contributed by atoms with E-state index in [-0.39, 0.29) is 12.4 Å². The Morgan fingerprint density at radius 2 is 2.12 bits per heavy atom. The van der Waals surface area contributed by atoms with Crippen LogP contribution >= 0.6 is 0 Å². The number of fused-ring (bicyclic) bond motifs is 2. The lowest BCUT2D eigenvalue weighted by molar-refractivity contribution is -0.344. The van der Waals surface area contributed by atoms with Crippen molar-refractivity contribution < 1.29 is 24.1 Å². The first-order valence-corrected chi connectivity index (χ1v) is 7.75. The lowest BCUT2D eigenvalue weighted by atomic mass is 10.1. The van der Waals surface area contributed by atoms with Gasteiger partial charge in [-0.15, -0.1) is 0 Å². The lowest BCUT2D eigenvalue weighted by Crippen LogP contribution is -2.35. The summed E-state index contributed by atoms with van der Waals surface area (Å²) in [5.74, 6) is -0.890. The number of hydrogen-bond acceptors (Lipinski definition) is 9. The highest BCUT2D eigenvalue weighted by Crippen LogP contribution is 2.44. The van der Waals surface area contributed by atoms with Crippen LogP contribution in [0.5, 0.6) is 0 Å². The molecule has 3 N–H and O–H groups in total. The maximum absolute atomic E-state index is 9.61. The summed E-state index contributed by atoms with van der Waals surface area (Å²) in [6.45, 7) is 3.79. The molecular formula is C14H19N5O5. The molecule has 10 nitrogen and oxygen atoms in total. The van der Waals surface area contributed by atoms with Crippen LogP contribution in [0.15, 0.2) is 12.7 Å². The second-order valence-electron chi connectivity index (χ2n) is 5.79.